The van der Waals surface area contributed by atoms with Crippen molar-refractivity contribution in [3.05, 3.63) is 18.2 Å². The van der Waals surface area contributed by atoms with Gasteiger partial charge in [-0.25, -0.2) is 4.98 Å². The summed E-state index contributed by atoms with van der Waals surface area (Å²) >= 11 is 0. The maximum Gasteiger partial charge on any atom is 0.0951 e. The van der Waals surface area contributed by atoms with E-state index in [1.807, 2.05) is 6.33 Å². The lowest BCUT2D eigenvalue weighted by Gasteiger charge is -2.26. The average Bonchev–Trinajstić information content (AvgIpc) is 2.78. The van der Waals surface area contributed by atoms with E-state index in [1.165, 1.54) is 18.5 Å². The molecule has 3 N–H and O–H groups in total. The molecule has 16 heavy (non-hydrogen) atoms. The van der Waals surface area contributed by atoms with Crippen LogP contribution in [0.3, 0.4) is 0 Å². The lowest BCUT2D eigenvalue weighted by molar-refractivity contribution is 0.344. The van der Waals surface area contributed by atoms with E-state index >= 15 is 0 Å². The van der Waals surface area contributed by atoms with Gasteiger partial charge in [0.2, 0.25) is 0 Å². The Morgan fingerprint density at radius 2 is 2.06 bits per heavy atom. The summed E-state index contributed by atoms with van der Waals surface area (Å²) in [5.41, 5.74) is 4.13. The predicted molar refractivity (Wildman–Crippen MR) is 64.9 cm³/mol. The van der Waals surface area contributed by atoms with E-state index in [2.05, 4.69) is 35.0 Å². The monoisotopic (exact) mass is 222 g/mol. The van der Waals surface area contributed by atoms with Gasteiger partial charge in [-0.3, -0.25) is 11.3 Å². The first-order valence-electron chi connectivity index (χ1n) is 6.20. The normalized spacial score (nSPS) is 26.2. The molecular formula is C12H22N4. The molecule has 1 heterocycles. The average molecular weight is 222 g/mol. The fraction of sp³-hybridized carbons (Fsp3) is 0.750. The minimum absolute atomic E-state index is 0.503. The summed E-state index contributed by atoms with van der Waals surface area (Å²) in [5.74, 6) is 6.09. The lowest BCUT2D eigenvalue weighted by atomic mass is 9.84. The largest absolute Gasteiger partial charge is 0.335 e. The number of imidazole rings is 1. The fourth-order valence-corrected chi connectivity index (χ4v) is 2.40. The third-order valence-corrected chi connectivity index (χ3v) is 3.60. The smallest absolute Gasteiger partial charge is 0.0951 e. The molecule has 0 spiro atoms. The van der Waals surface area contributed by atoms with Gasteiger partial charge in [-0.15, -0.1) is 0 Å². The summed E-state index contributed by atoms with van der Waals surface area (Å²) in [6.07, 6.45) is 8.87. The van der Waals surface area contributed by atoms with Gasteiger partial charge in [-0.05, 0) is 39.5 Å². The molecule has 0 atom stereocenters. The van der Waals surface area contributed by atoms with E-state index in [4.69, 9.17) is 5.84 Å². The SMILES string of the molecule is CC(C)n1cnc(C2CCC(NN)CC2)c1. The topological polar surface area (TPSA) is 55.9 Å². The van der Waals surface area contributed by atoms with E-state index in [-0.39, 0.29) is 0 Å². The summed E-state index contributed by atoms with van der Waals surface area (Å²) in [6, 6.07) is 1.01. The van der Waals surface area contributed by atoms with Crippen LogP contribution in [0.1, 0.15) is 57.2 Å². The fourth-order valence-electron chi connectivity index (χ4n) is 2.40. The molecule has 0 amide bonds. The third-order valence-electron chi connectivity index (χ3n) is 3.60. The van der Waals surface area contributed by atoms with Crippen LogP contribution in [-0.4, -0.2) is 15.6 Å². The number of nitrogens with zero attached hydrogens (tertiary/aromatic N) is 2. The van der Waals surface area contributed by atoms with Gasteiger partial charge in [0.25, 0.3) is 0 Å². The zero-order valence-corrected chi connectivity index (χ0v) is 10.2. The van der Waals surface area contributed by atoms with Crippen molar-refractivity contribution < 1.29 is 0 Å². The maximum absolute atomic E-state index is 5.46. The van der Waals surface area contributed by atoms with Gasteiger partial charge < -0.3 is 4.57 Å². The van der Waals surface area contributed by atoms with Gasteiger partial charge in [-0.1, -0.05) is 0 Å². The summed E-state index contributed by atoms with van der Waals surface area (Å²) in [7, 11) is 0. The van der Waals surface area contributed by atoms with E-state index in [0.717, 1.165) is 12.8 Å². The van der Waals surface area contributed by atoms with Crippen LogP contribution in [0.4, 0.5) is 0 Å². The Labute approximate surface area is 97.2 Å². The number of nitrogens with two attached hydrogens (primary N) is 1. The molecule has 0 unspecified atom stereocenters. The van der Waals surface area contributed by atoms with E-state index < -0.39 is 0 Å². The van der Waals surface area contributed by atoms with Gasteiger partial charge >= 0.3 is 0 Å². The van der Waals surface area contributed by atoms with Crippen LogP contribution in [0.5, 0.6) is 0 Å². The standard InChI is InChI=1S/C12H22N4/c1-9(2)16-7-12(14-8-16)10-3-5-11(15-13)6-4-10/h7-11,15H,3-6,13H2,1-2H3. The van der Waals surface area contributed by atoms with Crippen LogP contribution < -0.4 is 11.3 Å². The molecule has 1 fully saturated rings. The predicted octanol–water partition coefficient (Wildman–Crippen LogP) is 1.95. The van der Waals surface area contributed by atoms with Gasteiger partial charge in [-0.2, -0.15) is 0 Å². The number of rotatable bonds is 3. The van der Waals surface area contributed by atoms with Crippen molar-refractivity contribution >= 4 is 0 Å². The van der Waals surface area contributed by atoms with Crippen molar-refractivity contribution in [1.29, 1.82) is 0 Å². The molecular weight excluding hydrogens is 200 g/mol. The highest BCUT2D eigenvalue weighted by Gasteiger charge is 2.23. The molecule has 0 radical (unpaired) electrons. The van der Waals surface area contributed by atoms with Crippen LogP contribution >= 0.6 is 0 Å². The molecule has 90 valence electrons. The molecule has 0 saturated heterocycles. The number of hydrogen-bond acceptors (Lipinski definition) is 3. The van der Waals surface area contributed by atoms with Gasteiger partial charge in [0.05, 0.1) is 12.0 Å². The summed E-state index contributed by atoms with van der Waals surface area (Å²) in [5, 5.41) is 0. The Hall–Kier alpha value is -0.870. The van der Waals surface area contributed by atoms with Gasteiger partial charge in [0.1, 0.15) is 0 Å². The summed E-state index contributed by atoms with van der Waals surface area (Å²) in [6.45, 7) is 4.36. The molecule has 2 rings (SSSR count). The first-order valence-corrected chi connectivity index (χ1v) is 6.20. The van der Waals surface area contributed by atoms with Crippen molar-refractivity contribution in [2.75, 3.05) is 0 Å². The van der Waals surface area contributed by atoms with Crippen LogP contribution in [0, 0.1) is 0 Å². The van der Waals surface area contributed by atoms with Crippen LogP contribution in [0.25, 0.3) is 0 Å². The Morgan fingerprint density at radius 1 is 1.38 bits per heavy atom. The highest BCUT2D eigenvalue weighted by atomic mass is 15.2. The Kier molecular flexibility index (Phi) is 3.61. The molecule has 1 aromatic rings. The number of nitrogens with one attached hydrogen (secondary N) is 1. The number of aromatic nitrogens is 2. The molecule has 0 aliphatic heterocycles. The molecule has 0 bridgehead atoms. The Bertz CT molecular complexity index is 324. The number of hydrogen-bond donors (Lipinski definition) is 2. The molecule has 1 aromatic heterocycles. The highest BCUT2D eigenvalue weighted by molar-refractivity contribution is 5.07. The molecule has 4 nitrogen and oxygen atoms in total. The van der Waals surface area contributed by atoms with E-state index in [9.17, 15) is 0 Å². The number of hydrazine groups is 1. The minimum atomic E-state index is 0.503. The summed E-state index contributed by atoms with van der Waals surface area (Å²) in [4.78, 5) is 4.52. The van der Waals surface area contributed by atoms with Crippen molar-refractivity contribution in [3.8, 4) is 0 Å². The quantitative estimate of drug-likeness (QED) is 0.607. The molecule has 1 saturated carbocycles. The van der Waals surface area contributed by atoms with Crippen LogP contribution in [0.2, 0.25) is 0 Å². The van der Waals surface area contributed by atoms with Crippen molar-refractivity contribution in [2.24, 2.45) is 5.84 Å². The molecule has 4 heteroatoms. The van der Waals surface area contributed by atoms with Crippen LogP contribution in [0.15, 0.2) is 12.5 Å². The van der Waals surface area contributed by atoms with Gasteiger partial charge in [0, 0.05) is 24.2 Å². The van der Waals surface area contributed by atoms with Crippen LogP contribution in [-0.2, 0) is 0 Å². The van der Waals surface area contributed by atoms with Gasteiger partial charge in [0.15, 0.2) is 0 Å². The first kappa shape index (κ1) is 11.6. The zero-order chi connectivity index (χ0) is 11.5. The van der Waals surface area contributed by atoms with Crippen molar-refractivity contribution in [1.82, 2.24) is 15.0 Å². The lowest BCUT2D eigenvalue weighted by Crippen LogP contribution is -2.37. The second-order valence-corrected chi connectivity index (χ2v) is 5.05. The maximum atomic E-state index is 5.46. The molecule has 0 aromatic carbocycles. The highest BCUT2D eigenvalue weighted by Crippen LogP contribution is 2.31. The zero-order valence-electron chi connectivity index (χ0n) is 10.2. The molecule has 1 aliphatic rings. The second-order valence-electron chi connectivity index (χ2n) is 5.05. The van der Waals surface area contributed by atoms with Crippen molar-refractivity contribution in [3.63, 3.8) is 0 Å². The second kappa shape index (κ2) is 4.97. The van der Waals surface area contributed by atoms with Crippen molar-refractivity contribution in [2.45, 2.75) is 57.5 Å². The summed E-state index contributed by atoms with van der Waals surface area (Å²) < 4.78 is 2.18. The van der Waals surface area contributed by atoms with E-state index in [1.54, 1.807) is 0 Å². The first-order chi connectivity index (χ1) is 7.70. The Balaban J connectivity index is 1.97. The third kappa shape index (κ3) is 2.44. The molecule has 1 aliphatic carbocycles. The van der Waals surface area contributed by atoms with E-state index in [0.29, 0.717) is 18.0 Å². The minimum Gasteiger partial charge on any atom is -0.335 e. The Morgan fingerprint density at radius 3 is 2.56 bits per heavy atom.